The number of unbranched alkanes of at least 4 members (excludes halogenated alkanes) is 7. The molecule has 1 aliphatic heterocycles. The molecule has 0 bridgehead atoms. The highest BCUT2D eigenvalue weighted by atomic mass is 31.2. The van der Waals surface area contributed by atoms with E-state index in [1.165, 1.54) is 38.5 Å². The first-order valence-corrected chi connectivity index (χ1v) is 25.7. The number of epoxide rings is 1. The molecule has 14 nitrogen and oxygen atoms in total. The van der Waals surface area contributed by atoms with E-state index in [0.29, 0.717) is 25.7 Å². The van der Waals surface area contributed by atoms with Gasteiger partial charge in [-0.05, 0) is 89.9 Å². The molecular formula is C51H81O14P. The molecule has 0 radical (unpaired) electrons. The second-order valence-electron chi connectivity index (χ2n) is 16.6. The van der Waals surface area contributed by atoms with Gasteiger partial charge in [-0.2, -0.15) is 0 Å². The number of rotatable bonds is 37. The molecular weight excluding hydrogens is 868 g/mol. The van der Waals surface area contributed by atoms with Gasteiger partial charge in [-0.1, -0.05) is 137 Å². The number of hydrogen-bond acceptors (Lipinski definition) is 13. The highest BCUT2D eigenvalue weighted by molar-refractivity contribution is 7.47. The third-order valence-electron chi connectivity index (χ3n) is 10.8. The number of phosphoric ester groups is 1. The van der Waals surface area contributed by atoms with Crippen LogP contribution in [0.25, 0.3) is 0 Å². The Morgan fingerprint density at radius 3 is 1.47 bits per heavy atom. The Balaban J connectivity index is 1.76. The first kappa shape index (κ1) is 58.9. The molecule has 0 spiro atoms. The molecule has 0 aromatic heterocycles. The van der Waals surface area contributed by atoms with Gasteiger partial charge in [-0.3, -0.25) is 18.6 Å². The second-order valence-corrected chi connectivity index (χ2v) is 18.0. The van der Waals surface area contributed by atoms with Crippen LogP contribution in [0, 0.1) is 0 Å². The fourth-order valence-electron chi connectivity index (χ4n) is 6.77. The number of carbonyl (C=O) groups excluding carboxylic acids is 2. The first-order valence-electron chi connectivity index (χ1n) is 24.2. The highest BCUT2D eigenvalue weighted by Crippen LogP contribution is 2.47. The van der Waals surface area contributed by atoms with Crippen LogP contribution in [0.15, 0.2) is 97.2 Å². The molecule has 66 heavy (non-hydrogen) atoms. The number of allylic oxidation sites excluding steroid dienone is 14. The molecule has 1 heterocycles. The Hall–Kier alpha value is -3.27. The minimum atomic E-state index is -5.17. The van der Waals surface area contributed by atoms with E-state index < -0.39 is 75.7 Å². The van der Waals surface area contributed by atoms with Gasteiger partial charge in [0.2, 0.25) is 0 Å². The Morgan fingerprint density at radius 1 is 0.530 bits per heavy atom. The maximum atomic E-state index is 12.8. The lowest BCUT2D eigenvalue weighted by Crippen LogP contribution is -2.64. The summed E-state index contributed by atoms with van der Waals surface area (Å²) in [5.74, 6) is -1.28. The molecule has 1 saturated carbocycles. The molecule has 2 rings (SSSR count). The summed E-state index contributed by atoms with van der Waals surface area (Å²) in [5.41, 5.74) is 0. The monoisotopic (exact) mass is 949 g/mol. The van der Waals surface area contributed by atoms with Crippen LogP contribution in [0.1, 0.15) is 142 Å². The quantitative estimate of drug-likeness (QED) is 0.0113. The van der Waals surface area contributed by atoms with Crippen LogP contribution >= 0.6 is 7.82 Å². The van der Waals surface area contributed by atoms with Crippen LogP contribution < -0.4 is 0 Å². The van der Waals surface area contributed by atoms with Crippen molar-refractivity contribution in [2.45, 2.75) is 197 Å². The van der Waals surface area contributed by atoms with Gasteiger partial charge in [-0.15, -0.1) is 0 Å². The molecule has 10 atom stereocenters. The summed E-state index contributed by atoms with van der Waals surface area (Å²) in [5, 5.41) is 50.2. The number of aliphatic hydroxyl groups is 5. The maximum absolute atomic E-state index is 12.8. The summed E-state index contributed by atoms with van der Waals surface area (Å²) < 4.78 is 39.2. The summed E-state index contributed by atoms with van der Waals surface area (Å²) >= 11 is 0. The average Bonchev–Trinajstić information content (AvgIpc) is 4.06. The number of aliphatic hydroxyl groups excluding tert-OH is 5. The molecule has 0 amide bonds. The topological polar surface area (TPSA) is 222 Å². The van der Waals surface area contributed by atoms with E-state index in [4.69, 9.17) is 23.3 Å². The van der Waals surface area contributed by atoms with Gasteiger partial charge < -0.3 is 44.6 Å². The molecule has 2 fully saturated rings. The Labute approximate surface area is 394 Å². The fourth-order valence-corrected chi connectivity index (χ4v) is 7.75. The van der Waals surface area contributed by atoms with E-state index in [1.54, 1.807) is 0 Å². The predicted molar refractivity (Wildman–Crippen MR) is 257 cm³/mol. The van der Waals surface area contributed by atoms with Crippen molar-refractivity contribution in [2.24, 2.45) is 0 Å². The van der Waals surface area contributed by atoms with Gasteiger partial charge in [-0.25, -0.2) is 4.57 Å². The van der Waals surface area contributed by atoms with Crippen LogP contribution in [-0.2, 0) is 37.4 Å². The van der Waals surface area contributed by atoms with Crippen LogP contribution in [0.5, 0.6) is 0 Å². The lowest BCUT2D eigenvalue weighted by molar-refractivity contribution is -0.220. The standard InChI is InChI=1S/C51H81O14P/c1-3-5-7-9-11-13-14-15-16-17-18-19-20-21-22-24-26-28-33-37-44(52)61-39-41(40-62-66(59,60)65-51-49(57)47(55)46(54)48(56)50(51)58)63-45(53)38-34-30-29-32-36-43-42(64-43)35-31-27-25-23-12-10-8-6-4-2/h11-13,15-16,18-19,21-23,26-29,31-32,41-43,46-51,54-58H,3-10,14,17,20,24-25,30,33-40H2,1-2H3,(H,59,60)/b13-11-,16-15-,19-18-,22-21-,23-12-,28-26-,31-27-,32-29-/t41-,42?,43?,46?,47-,48+,49-,50-,51?/m1/s1. The minimum absolute atomic E-state index is 0.00866. The largest absolute Gasteiger partial charge is 0.472 e. The van der Waals surface area contributed by atoms with Crippen molar-refractivity contribution >= 4 is 19.8 Å². The summed E-state index contributed by atoms with van der Waals surface area (Å²) in [6.45, 7) is 3.11. The zero-order valence-electron chi connectivity index (χ0n) is 39.4. The molecule has 0 aromatic carbocycles. The summed E-state index contributed by atoms with van der Waals surface area (Å²) in [4.78, 5) is 35.8. The van der Waals surface area contributed by atoms with Crippen molar-refractivity contribution in [3.63, 3.8) is 0 Å². The Morgan fingerprint density at radius 2 is 0.955 bits per heavy atom. The Bertz CT molecular complexity index is 1590. The van der Waals surface area contributed by atoms with Gasteiger partial charge in [0, 0.05) is 12.8 Å². The molecule has 2 aliphatic rings. The number of esters is 2. The maximum Gasteiger partial charge on any atom is 0.472 e. The zero-order valence-corrected chi connectivity index (χ0v) is 40.3. The first-order chi connectivity index (χ1) is 31.9. The molecule has 1 aliphatic carbocycles. The molecule has 1 saturated heterocycles. The van der Waals surface area contributed by atoms with Crippen LogP contribution in [0.2, 0.25) is 0 Å². The van der Waals surface area contributed by atoms with Crippen molar-refractivity contribution in [3.05, 3.63) is 97.2 Å². The van der Waals surface area contributed by atoms with Gasteiger partial charge in [0.15, 0.2) is 6.10 Å². The van der Waals surface area contributed by atoms with E-state index in [0.717, 1.165) is 51.4 Å². The van der Waals surface area contributed by atoms with Crippen molar-refractivity contribution in [1.82, 2.24) is 0 Å². The van der Waals surface area contributed by atoms with Gasteiger partial charge in [0.1, 0.15) is 43.2 Å². The number of ether oxygens (including phenoxy) is 3. The normalized spacial score (nSPS) is 25.2. The highest BCUT2D eigenvalue weighted by Gasteiger charge is 2.51. The van der Waals surface area contributed by atoms with Crippen molar-refractivity contribution in [2.75, 3.05) is 13.2 Å². The van der Waals surface area contributed by atoms with Crippen molar-refractivity contribution in [1.29, 1.82) is 0 Å². The van der Waals surface area contributed by atoms with E-state index in [9.17, 15) is 44.6 Å². The molecule has 6 N–H and O–H groups in total. The lowest BCUT2D eigenvalue weighted by Gasteiger charge is -2.41. The van der Waals surface area contributed by atoms with Crippen LogP contribution in [0.4, 0.5) is 0 Å². The van der Waals surface area contributed by atoms with Crippen LogP contribution in [-0.4, -0.2) is 111 Å². The summed E-state index contributed by atoms with van der Waals surface area (Å²) in [7, 11) is -5.17. The SMILES string of the molecule is CCCCC/C=C\C/C=C\C/C=C\C/C=C\C/C=C\CCC(=O)OC[C@H](COP(=O)(O)OC1[C@H](O)[C@H](O)C(O)[C@H](O)[C@H]1O)OC(=O)CCC/C=C\CC1OC1C/C=C\C/C=C\CCCCC. The van der Waals surface area contributed by atoms with Gasteiger partial charge in [0.25, 0.3) is 0 Å². The van der Waals surface area contributed by atoms with E-state index in [-0.39, 0.29) is 25.0 Å². The fraction of sp³-hybridized carbons (Fsp3) is 0.647. The van der Waals surface area contributed by atoms with Crippen molar-refractivity contribution < 1.29 is 67.8 Å². The lowest BCUT2D eigenvalue weighted by atomic mass is 9.85. The third kappa shape index (κ3) is 28.2. The Kier molecular flexibility index (Phi) is 32.8. The van der Waals surface area contributed by atoms with E-state index in [1.807, 2.05) is 30.4 Å². The van der Waals surface area contributed by atoms with Gasteiger partial charge in [0.05, 0.1) is 18.8 Å². The average molecular weight is 949 g/mol. The minimum Gasteiger partial charge on any atom is -0.462 e. The number of phosphoric acid groups is 1. The molecule has 5 unspecified atom stereocenters. The second kappa shape index (κ2) is 36.7. The molecule has 0 aromatic rings. The van der Waals surface area contributed by atoms with E-state index >= 15 is 0 Å². The smallest absolute Gasteiger partial charge is 0.462 e. The molecule has 374 valence electrons. The number of hydrogen-bond donors (Lipinski definition) is 6. The molecule has 15 heteroatoms. The number of carbonyl (C=O) groups is 2. The predicted octanol–water partition coefficient (Wildman–Crippen LogP) is 8.82. The van der Waals surface area contributed by atoms with Crippen molar-refractivity contribution in [3.8, 4) is 0 Å². The van der Waals surface area contributed by atoms with Crippen LogP contribution in [0.3, 0.4) is 0 Å². The van der Waals surface area contributed by atoms with Gasteiger partial charge >= 0.3 is 19.8 Å². The third-order valence-corrected chi connectivity index (χ3v) is 11.8. The summed E-state index contributed by atoms with van der Waals surface area (Å²) in [6.07, 6.45) is 37.8. The van der Waals surface area contributed by atoms with E-state index in [2.05, 4.69) is 80.7 Å². The summed E-state index contributed by atoms with van der Waals surface area (Å²) in [6, 6.07) is 0. The zero-order chi connectivity index (χ0) is 48.3.